The first-order chi connectivity index (χ1) is 59.6. The Morgan fingerprint density at radius 2 is 0.479 bits per heavy atom. The van der Waals surface area contributed by atoms with Gasteiger partial charge in [-0.15, -0.1) is 0 Å². The molecule has 0 heterocycles. The van der Waals surface area contributed by atoms with Crippen LogP contribution >= 0.6 is 0 Å². The fraction of sp³-hybridized carbons (Fsp3) is 0.475. The summed E-state index contributed by atoms with van der Waals surface area (Å²) >= 11 is 0. The van der Waals surface area contributed by atoms with Crippen LogP contribution in [0.1, 0.15) is 391 Å². The number of aromatic hydroxyl groups is 8. The van der Waals surface area contributed by atoms with E-state index >= 15 is 0 Å². The minimum Gasteiger partial charge on any atom is -0.508 e. The van der Waals surface area contributed by atoms with Gasteiger partial charge in [-0.2, -0.15) is 0 Å². The van der Waals surface area contributed by atoms with Gasteiger partial charge in [0.25, 0.3) is 0 Å². The number of phenols is 8. The predicted molar refractivity (Wildman–Crippen MR) is 613 cm³/mol. The molecule has 0 amide bonds. The maximum atomic E-state index is 12.0. The number of hydrogen-bond donors (Lipinski definition) is 8. The fourth-order valence-corrected chi connectivity index (χ4v) is 10.2. The van der Waals surface area contributed by atoms with Crippen molar-refractivity contribution in [3.05, 3.63) is 228 Å². The van der Waals surface area contributed by atoms with Crippen LogP contribution in [0.2, 0.25) is 0 Å². The van der Waals surface area contributed by atoms with Crippen LogP contribution in [0, 0.1) is 46.3 Å². The van der Waals surface area contributed by atoms with Crippen molar-refractivity contribution < 1.29 is 108 Å². The van der Waals surface area contributed by atoms with Gasteiger partial charge in [0.05, 0.1) is 43.6 Å². The summed E-state index contributed by atoms with van der Waals surface area (Å²) in [7, 11) is 0. The Labute approximate surface area is 874 Å². The molecule has 2 atom stereocenters. The van der Waals surface area contributed by atoms with Crippen molar-refractivity contribution in [1.82, 2.24) is 0 Å². The van der Waals surface area contributed by atoms with E-state index in [9.17, 15) is 69.0 Å². The molecule has 0 bridgehead atoms. The molecule has 820 valence electrons. The van der Waals surface area contributed by atoms with Gasteiger partial charge in [0, 0.05) is 18.2 Å². The number of rotatable bonds is 24. The van der Waals surface area contributed by atoms with Crippen molar-refractivity contribution >= 4 is 68.9 Å². The van der Waals surface area contributed by atoms with Crippen molar-refractivity contribution in [3.8, 4) is 80.5 Å². The smallest absolute Gasteiger partial charge is 0.316 e. The second-order valence-electron chi connectivity index (χ2n) is 35.3. The summed E-state index contributed by atoms with van der Waals surface area (Å²) in [6, 6.07) is 54.0. The van der Waals surface area contributed by atoms with Gasteiger partial charge in [0.15, 0.2) is 11.6 Å². The number of phenolic OH excluding ortho intramolecular Hbond substituents is 8. The van der Waals surface area contributed by atoms with E-state index in [0.717, 1.165) is 48.3 Å². The summed E-state index contributed by atoms with van der Waals surface area (Å²) < 4.78 is 31.4. The Morgan fingerprint density at radius 3 is 0.778 bits per heavy atom. The van der Waals surface area contributed by atoms with E-state index in [1.807, 2.05) is 121 Å². The van der Waals surface area contributed by atoms with Gasteiger partial charge in [-0.3, -0.25) is 38.4 Å². The Hall–Kier alpha value is -12.7. The molecule has 0 aromatic heterocycles. The van der Waals surface area contributed by atoms with Crippen LogP contribution in [0.5, 0.6) is 80.5 Å². The van der Waals surface area contributed by atoms with E-state index in [2.05, 4.69) is 45.9 Å². The van der Waals surface area contributed by atoms with Crippen molar-refractivity contribution in [2.75, 3.05) is 0 Å². The number of esters is 6. The number of carbonyl (C=O) groups excluding carboxylic acids is 8. The van der Waals surface area contributed by atoms with Gasteiger partial charge in [-0.25, -0.2) is 0 Å². The van der Waals surface area contributed by atoms with Gasteiger partial charge < -0.3 is 69.3 Å². The minimum absolute atomic E-state index is 0. The monoisotopic (exact) mass is 2020 g/mol. The molecule has 10 aromatic rings. The average Bonchev–Trinajstić information content (AvgIpc) is 0.822. The van der Waals surface area contributed by atoms with E-state index in [1.165, 1.54) is 91.0 Å². The number of carbonyl (C=O) groups is 8. The molecule has 8 N–H and O–H groups in total. The molecule has 144 heavy (non-hydrogen) atoms. The summed E-state index contributed by atoms with van der Waals surface area (Å²) in [4.78, 5) is 93.1. The third-order valence-corrected chi connectivity index (χ3v) is 22.6. The minimum atomic E-state index is -0.575. The van der Waals surface area contributed by atoms with Crippen molar-refractivity contribution in [2.45, 2.75) is 362 Å². The van der Waals surface area contributed by atoms with Crippen molar-refractivity contribution in [2.24, 2.45) is 32.5 Å². The lowest BCUT2D eigenvalue weighted by Crippen LogP contribution is -2.28. The first-order valence-corrected chi connectivity index (χ1v) is 43.2. The van der Waals surface area contributed by atoms with Crippen LogP contribution in [0.4, 0.5) is 0 Å². The SMILES string of the molecule is C.C.C.C.C.C.C.C.C.C.C.C.C.C.C.C.CCC(C)(C)C(=O)Oc1cc(C)c(O)c(C)c1.CCC(C)(C)C(=O)Oc1ccc(C(C)=O)c(O)c1.CCC(C)(C)C(=O)Oc1ccc(C(C)=O)c(O)c1.CCC(C)(C)C(=O)Oc1ccc(O)cc1.CCC(C)(C)C(=O)Oc1ccc2cc(O)ccc2c1.CCC(C)(C)C(=O)Oc1cccc(O)c1.CCC(C)c1ccc(O)cc1.CCC(C)c1ccc2cc(O)ccc2c1. The first kappa shape index (κ1) is 162. The molecule has 0 aliphatic heterocycles. The molecule has 0 spiro atoms. The zero-order valence-electron chi connectivity index (χ0n) is 79.6. The van der Waals surface area contributed by atoms with Crippen LogP contribution in [0.25, 0.3) is 21.5 Å². The van der Waals surface area contributed by atoms with Crippen LogP contribution in [-0.2, 0) is 28.8 Å². The highest BCUT2D eigenvalue weighted by Gasteiger charge is 2.33. The first-order valence-electron chi connectivity index (χ1n) is 43.2. The van der Waals surface area contributed by atoms with E-state index in [-0.39, 0.29) is 223 Å². The normalized spacial score (nSPS) is 10.3. The van der Waals surface area contributed by atoms with Gasteiger partial charge in [0.2, 0.25) is 0 Å². The maximum absolute atomic E-state index is 12.0. The molecule has 22 nitrogen and oxygen atoms in total. The molecule has 10 aromatic carbocycles. The number of aryl methyl sites for hydroxylation is 2. The van der Waals surface area contributed by atoms with Crippen LogP contribution < -0.4 is 28.4 Å². The topological polar surface area (TPSA) is 354 Å². The summed E-state index contributed by atoms with van der Waals surface area (Å²) in [5.41, 5.74) is 1.43. The molecule has 22 heteroatoms. The molecule has 0 aliphatic carbocycles. The number of Topliss-reactive ketones (excluding diaryl/α,β-unsaturated/α-hetero) is 2. The number of ether oxygens (including phenoxy) is 6. The summed E-state index contributed by atoms with van der Waals surface area (Å²) in [6.07, 6.45) is 6.50. The lowest BCUT2D eigenvalue weighted by molar-refractivity contribution is -0.144. The Bertz CT molecular complexity index is 5230. The molecule has 0 aliphatic rings. The highest BCUT2D eigenvalue weighted by molar-refractivity contribution is 5.98. The van der Waals surface area contributed by atoms with Gasteiger partial charge in [0.1, 0.15) is 80.5 Å². The standard InChI is InChI=1S/C16H18O3.2C14H18O4.C14H20O3.C14H16O.2C12H16O3.C10H14O.16CH4/c1-4-16(2,3)15(18)19-14-8-6-11-9-13(17)7-5-12(11)10-14;2*1-5-14(3,4)13(17)18-10-6-7-11(9(2)15)12(16)8-10;1-6-14(4,5)13(16)17-11-7-9(2)12(15)10(3)8-11;1-3-10(2)11-4-5-13-9-14(15)7-6-12(13)8-11;1-4-12(2,3)11(14)15-10-7-5-9(13)6-8-10;1-4-12(2,3)11(14)15-10-7-5-6-9(13)8-10;1-3-8(2)9-4-6-10(11)7-5-9;;;;;;;;;;;;;;;;/h5-10,17H,4H2,1-3H3;2*6-8,16H,5H2,1-4H3;7-8,15H,6H2,1-5H3;4-10,15H,3H2,1-2H3;2*5-8,13H,4H2,1-3H3;4-8,11H,3H2,1-2H3;16*1H4. The van der Waals surface area contributed by atoms with Gasteiger partial charge >= 0.3 is 35.8 Å². The molecule has 0 radical (unpaired) electrons. The second-order valence-corrected chi connectivity index (χ2v) is 35.3. The Kier molecular flexibility index (Phi) is 83.5. The van der Waals surface area contributed by atoms with Crippen LogP contribution in [0.3, 0.4) is 0 Å². The Morgan fingerprint density at radius 1 is 0.250 bits per heavy atom. The van der Waals surface area contributed by atoms with Crippen LogP contribution in [-0.4, -0.2) is 88.2 Å². The lowest BCUT2D eigenvalue weighted by atomic mass is 9.91. The largest absolute Gasteiger partial charge is 0.508 e. The van der Waals surface area contributed by atoms with E-state index < -0.39 is 32.5 Å². The van der Waals surface area contributed by atoms with Gasteiger partial charge in [-0.05, 0) is 339 Å². The number of fused-ring (bicyclic) bond motifs is 2. The van der Waals surface area contributed by atoms with Crippen molar-refractivity contribution in [1.29, 1.82) is 0 Å². The average molecular weight is 2020 g/mol. The third-order valence-electron chi connectivity index (χ3n) is 22.6. The quantitative estimate of drug-likeness (QED) is 0.0158. The molecular weight excluding hydrogens is 1820 g/mol. The van der Waals surface area contributed by atoms with E-state index in [1.54, 1.807) is 133 Å². The lowest BCUT2D eigenvalue weighted by Gasteiger charge is -2.20. The molecule has 10 rings (SSSR count). The van der Waals surface area contributed by atoms with E-state index in [4.69, 9.17) is 38.6 Å². The summed E-state index contributed by atoms with van der Waals surface area (Å²) in [5, 5.41) is 79.0. The fourth-order valence-electron chi connectivity index (χ4n) is 10.2. The molecule has 0 fully saturated rings. The van der Waals surface area contributed by atoms with E-state index in [0.29, 0.717) is 76.7 Å². The highest BCUT2D eigenvalue weighted by Crippen LogP contribution is 2.36. The molecular formula is C122H200O22. The zero-order chi connectivity index (χ0) is 97.2. The highest BCUT2D eigenvalue weighted by atomic mass is 16.6. The molecule has 2 unspecified atom stereocenters. The van der Waals surface area contributed by atoms with Crippen molar-refractivity contribution in [3.63, 3.8) is 0 Å². The van der Waals surface area contributed by atoms with Gasteiger partial charge in [-0.1, -0.05) is 243 Å². The molecule has 0 saturated heterocycles. The third kappa shape index (κ3) is 52.5. The summed E-state index contributed by atoms with van der Waals surface area (Å²) in [5.74, 6) is 2.37. The number of hydrogen-bond acceptors (Lipinski definition) is 22. The maximum Gasteiger partial charge on any atom is 0.316 e. The predicted octanol–water partition coefficient (Wildman–Crippen LogP) is 35.7. The van der Waals surface area contributed by atoms with Crippen LogP contribution in [0.15, 0.2) is 194 Å². The summed E-state index contributed by atoms with van der Waals surface area (Å²) in [6.45, 7) is 48.6. The second kappa shape index (κ2) is 74.2. The zero-order valence-corrected chi connectivity index (χ0v) is 79.6. The number of ketones is 2. The Balaban J connectivity index is -0.000000110. The number of benzene rings is 10. The molecule has 0 saturated carbocycles.